The monoisotopic (exact) mass is 578 g/mol. The molecule has 2 amide bonds. The molecule has 2 aromatic carbocycles. The van der Waals surface area contributed by atoms with Gasteiger partial charge in [-0.15, -0.1) is 0 Å². The Bertz CT molecular complexity index is 1320. The summed E-state index contributed by atoms with van der Waals surface area (Å²) in [5, 5.41) is -0.707. The molecular formula is C22H18Cl4N2O6S. The van der Waals surface area contributed by atoms with Crippen molar-refractivity contribution < 1.29 is 27.6 Å². The van der Waals surface area contributed by atoms with Gasteiger partial charge in [-0.1, -0.05) is 69.2 Å². The highest BCUT2D eigenvalue weighted by Crippen LogP contribution is 2.45. The molecule has 1 saturated heterocycles. The van der Waals surface area contributed by atoms with Crippen LogP contribution in [0.2, 0.25) is 20.1 Å². The van der Waals surface area contributed by atoms with Crippen LogP contribution in [0.15, 0.2) is 29.2 Å². The van der Waals surface area contributed by atoms with Gasteiger partial charge < -0.3 is 4.84 Å². The Balaban J connectivity index is 1.50. The number of imide groups is 1. The number of amides is 2. The highest BCUT2D eigenvalue weighted by molar-refractivity contribution is 7.89. The van der Waals surface area contributed by atoms with E-state index in [4.69, 9.17) is 51.2 Å². The summed E-state index contributed by atoms with van der Waals surface area (Å²) >= 11 is 24.2. The van der Waals surface area contributed by atoms with Crippen molar-refractivity contribution in [3.05, 3.63) is 61.0 Å². The van der Waals surface area contributed by atoms with Gasteiger partial charge in [0.05, 0.1) is 41.5 Å². The van der Waals surface area contributed by atoms with Gasteiger partial charge in [0.2, 0.25) is 10.0 Å². The molecule has 2 aromatic rings. The largest absolute Gasteiger partial charge is 0.339 e. The average Bonchev–Trinajstić information content (AvgIpc) is 3.06. The van der Waals surface area contributed by atoms with E-state index >= 15 is 0 Å². The second-order valence-corrected chi connectivity index (χ2v) is 12.0. The quantitative estimate of drug-likeness (QED) is 0.282. The number of hydrogen-bond donors (Lipinski definition) is 0. The summed E-state index contributed by atoms with van der Waals surface area (Å²) in [5.41, 5.74) is -0.850. The standard InChI is InChI=1S/C22H18Cl4N2O6S/c1-11-3-5-12(6-4-11)35(32,33)27-9-7-22(2,8-10-27)21(31)34-28-19(29)13-14(20(28)30)16(24)18(26)17(25)15(13)23/h3-6H,7-10H2,1-2H3. The Kier molecular flexibility index (Phi) is 6.89. The zero-order chi connectivity index (χ0) is 25.9. The Hall–Kier alpha value is -1.88. The molecule has 0 atom stereocenters. The smallest absolute Gasteiger partial charge is 0.329 e. The first kappa shape index (κ1) is 26.2. The number of piperidine rings is 1. The molecule has 0 radical (unpaired) electrons. The number of hydrogen-bond acceptors (Lipinski definition) is 6. The number of aryl methyl sites for hydroxylation is 1. The number of benzene rings is 2. The summed E-state index contributed by atoms with van der Waals surface area (Å²) in [6.45, 7) is 3.53. The Morgan fingerprint density at radius 3 is 1.80 bits per heavy atom. The van der Waals surface area contributed by atoms with Gasteiger partial charge in [-0.3, -0.25) is 9.59 Å². The van der Waals surface area contributed by atoms with Crippen LogP contribution in [0.5, 0.6) is 0 Å². The Labute approximate surface area is 221 Å². The molecule has 0 bridgehead atoms. The van der Waals surface area contributed by atoms with Crippen LogP contribution < -0.4 is 0 Å². The van der Waals surface area contributed by atoms with Gasteiger partial charge in [-0.2, -0.15) is 4.31 Å². The molecule has 0 saturated carbocycles. The second-order valence-electron chi connectivity index (χ2n) is 8.57. The van der Waals surface area contributed by atoms with Crippen LogP contribution >= 0.6 is 46.4 Å². The van der Waals surface area contributed by atoms with Gasteiger partial charge in [0.1, 0.15) is 0 Å². The minimum absolute atomic E-state index is 0.0484. The van der Waals surface area contributed by atoms with Crippen LogP contribution in [0.1, 0.15) is 46.0 Å². The number of halogens is 4. The zero-order valence-electron chi connectivity index (χ0n) is 18.4. The van der Waals surface area contributed by atoms with Crippen LogP contribution in [-0.4, -0.2) is 48.7 Å². The number of rotatable bonds is 4. The van der Waals surface area contributed by atoms with E-state index in [9.17, 15) is 22.8 Å². The molecule has 13 heteroatoms. The first-order chi connectivity index (χ1) is 16.3. The number of carbonyl (C=O) groups excluding carboxylic acids is 3. The SMILES string of the molecule is Cc1ccc(S(=O)(=O)N2CCC(C)(C(=O)ON3C(=O)c4c(Cl)c(Cl)c(Cl)c(Cl)c4C3=O)CC2)cc1. The maximum Gasteiger partial charge on any atom is 0.339 e. The number of hydroxylamine groups is 2. The molecule has 8 nitrogen and oxygen atoms in total. The van der Waals surface area contributed by atoms with Gasteiger partial charge in [0.15, 0.2) is 0 Å². The van der Waals surface area contributed by atoms with Gasteiger partial charge in [-0.25, -0.2) is 13.2 Å². The Morgan fingerprint density at radius 2 is 1.34 bits per heavy atom. The van der Waals surface area contributed by atoms with Gasteiger partial charge in [0, 0.05) is 13.1 Å². The van der Waals surface area contributed by atoms with Crippen molar-refractivity contribution in [2.24, 2.45) is 5.41 Å². The highest BCUT2D eigenvalue weighted by Gasteiger charge is 2.48. The molecule has 2 aliphatic rings. The molecule has 0 aromatic heterocycles. The normalized spacial score (nSPS) is 18.1. The van der Waals surface area contributed by atoms with E-state index in [0.29, 0.717) is 0 Å². The molecule has 4 rings (SSSR count). The molecular weight excluding hydrogens is 562 g/mol. The first-order valence-corrected chi connectivity index (χ1v) is 13.3. The van der Waals surface area contributed by atoms with Crippen molar-refractivity contribution in [1.29, 1.82) is 0 Å². The number of carbonyl (C=O) groups is 3. The minimum Gasteiger partial charge on any atom is -0.329 e. The molecule has 35 heavy (non-hydrogen) atoms. The van der Waals surface area contributed by atoms with E-state index in [1.165, 1.54) is 16.4 Å². The number of nitrogens with zero attached hydrogens (tertiary/aromatic N) is 2. The second kappa shape index (κ2) is 9.21. The molecule has 0 N–H and O–H groups in total. The summed E-state index contributed by atoms with van der Waals surface area (Å²) in [4.78, 5) is 44.0. The molecule has 1 fully saturated rings. The molecule has 186 valence electrons. The fourth-order valence-corrected chi connectivity index (χ4v) is 6.34. The molecule has 2 aliphatic heterocycles. The van der Waals surface area contributed by atoms with E-state index in [1.54, 1.807) is 19.1 Å². The van der Waals surface area contributed by atoms with E-state index in [0.717, 1.165) is 5.56 Å². The van der Waals surface area contributed by atoms with Crippen molar-refractivity contribution in [3.63, 3.8) is 0 Å². The van der Waals surface area contributed by atoms with E-state index in [2.05, 4.69) is 0 Å². The summed E-state index contributed by atoms with van der Waals surface area (Å²) < 4.78 is 27.2. The van der Waals surface area contributed by atoms with Crippen molar-refractivity contribution in [2.45, 2.75) is 31.6 Å². The van der Waals surface area contributed by atoms with Crippen LogP contribution in [0, 0.1) is 12.3 Å². The molecule has 0 aliphatic carbocycles. The third kappa shape index (κ3) is 4.32. The van der Waals surface area contributed by atoms with Crippen LogP contribution in [0.4, 0.5) is 0 Å². The maximum atomic E-state index is 13.0. The van der Waals surface area contributed by atoms with Crippen molar-refractivity contribution >= 4 is 74.2 Å². The fraction of sp³-hybridized carbons (Fsp3) is 0.318. The van der Waals surface area contributed by atoms with Crippen LogP contribution in [0.25, 0.3) is 0 Å². The van der Waals surface area contributed by atoms with E-state index < -0.39 is 33.2 Å². The topological polar surface area (TPSA) is 101 Å². The van der Waals surface area contributed by atoms with E-state index in [-0.39, 0.29) is 67.1 Å². The third-order valence-corrected chi connectivity index (χ3v) is 9.93. The average molecular weight is 580 g/mol. The summed E-state index contributed by atoms with van der Waals surface area (Å²) in [5.74, 6) is -2.89. The molecule has 0 unspecified atom stereocenters. The summed E-state index contributed by atoms with van der Waals surface area (Å²) in [6, 6.07) is 6.48. The van der Waals surface area contributed by atoms with Crippen molar-refractivity contribution in [1.82, 2.24) is 9.37 Å². The lowest BCUT2D eigenvalue weighted by molar-refractivity contribution is -0.182. The third-order valence-electron chi connectivity index (χ3n) is 6.22. The van der Waals surface area contributed by atoms with E-state index in [1.807, 2.05) is 6.92 Å². The first-order valence-electron chi connectivity index (χ1n) is 10.3. The van der Waals surface area contributed by atoms with Crippen molar-refractivity contribution in [3.8, 4) is 0 Å². The number of sulfonamides is 1. The molecule has 2 heterocycles. The number of fused-ring (bicyclic) bond motifs is 1. The lowest BCUT2D eigenvalue weighted by atomic mass is 9.81. The van der Waals surface area contributed by atoms with Crippen LogP contribution in [0.3, 0.4) is 0 Å². The zero-order valence-corrected chi connectivity index (χ0v) is 22.2. The lowest BCUT2D eigenvalue weighted by Crippen LogP contribution is -2.47. The lowest BCUT2D eigenvalue weighted by Gasteiger charge is -2.37. The summed E-state index contributed by atoms with van der Waals surface area (Å²) in [6.07, 6.45) is 0.221. The maximum absolute atomic E-state index is 13.0. The molecule has 0 spiro atoms. The predicted molar refractivity (Wildman–Crippen MR) is 130 cm³/mol. The summed E-state index contributed by atoms with van der Waals surface area (Å²) in [7, 11) is -3.74. The van der Waals surface area contributed by atoms with Crippen molar-refractivity contribution in [2.75, 3.05) is 13.1 Å². The van der Waals surface area contributed by atoms with Crippen LogP contribution in [-0.2, 0) is 19.7 Å². The highest BCUT2D eigenvalue weighted by atomic mass is 35.5. The van der Waals surface area contributed by atoms with Gasteiger partial charge in [0.25, 0.3) is 11.8 Å². The fourth-order valence-electron chi connectivity index (χ4n) is 3.89. The van der Waals surface area contributed by atoms with Gasteiger partial charge in [-0.05, 0) is 38.8 Å². The predicted octanol–water partition coefficient (Wildman–Crippen LogP) is 5.15. The minimum atomic E-state index is -3.74. The Morgan fingerprint density at radius 1 is 0.886 bits per heavy atom. The van der Waals surface area contributed by atoms with Gasteiger partial charge >= 0.3 is 5.97 Å².